The zero-order valence-corrected chi connectivity index (χ0v) is 21.6. The molecule has 198 valence electrons. The fraction of sp³-hybridized carbons (Fsp3) is 0.769. The summed E-state index contributed by atoms with van der Waals surface area (Å²) in [4.78, 5) is 34.1. The lowest BCUT2D eigenvalue weighted by Gasteiger charge is -2.07. The molecule has 9 heteroatoms. The number of ether oxygens (including phenoxy) is 2. The number of nitrogens with two attached hydrogens (primary N) is 1. The number of rotatable bonds is 21. The van der Waals surface area contributed by atoms with Gasteiger partial charge in [-0.1, -0.05) is 96.8 Å². The maximum absolute atomic E-state index is 11.9. The highest BCUT2D eigenvalue weighted by molar-refractivity contribution is 5.70. The van der Waals surface area contributed by atoms with Crippen molar-refractivity contribution < 1.29 is 14.3 Å². The number of aromatic nitrogens is 4. The Balaban J connectivity index is 1.36. The fourth-order valence-corrected chi connectivity index (χ4v) is 4.16. The largest absolute Gasteiger partial charge is 0.463 e. The van der Waals surface area contributed by atoms with Crippen molar-refractivity contribution in [3.63, 3.8) is 0 Å². The van der Waals surface area contributed by atoms with Crippen LogP contribution in [0, 0.1) is 0 Å². The minimum absolute atomic E-state index is 0.0250. The number of hydrogen-bond donors (Lipinski definition) is 2. The zero-order chi connectivity index (χ0) is 25.1. The van der Waals surface area contributed by atoms with Crippen LogP contribution >= 0.6 is 0 Å². The van der Waals surface area contributed by atoms with Crippen molar-refractivity contribution in [2.45, 2.75) is 116 Å². The third-order valence-corrected chi connectivity index (χ3v) is 6.20. The lowest BCUT2D eigenvalue weighted by Crippen LogP contribution is -2.14. The summed E-state index contributed by atoms with van der Waals surface area (Å²) in [5, 5.41) is 0. The summed E-state index contributed by atoms with van der Waals surface area (Å²) in [6, 6.07) is 0. The van der Waals surface area contributed by atoms with Crippen LogP contribution in [-0.4, -0.2) is 38.7 Å². The summed E-state index contributed by atoms with van der Waals surface area (Å²) >= 11 is 0. The van der Waals surface area contributed by atoms with Crippen LogP contribution in [0.1, 0.15) is 110 Å². The van der Waals surface area contributed by atoms with Crippen LogP contribution in [0.25, 0.3) is 11.2 Å². The van der Waals surface area contributed by atoms with E-state index in [2.05, 4.69) is 21.9 Å². The summed E-state index contributed by atoms with van der Waals surface area (Å²) in [6.07, 6.45) is 21.5. The number of anilines is 1. The van der Waals surface area contributed by atoms with Gasteiger partial charge in [0.2, 0.25) is 5.95 Å². The van der Waals surface area contributed by atoms with E-state index in [9.17, 15) is 9.59 Å². The molecule has 0 spiro atoms. The van der Waals surface area contributed by atoms with E-state index in [-0.39, 0.29) is 42.9 Å². The molecule has 0 aliphatic rings. The van der Waals surface area contributed by atoms with E-state index in [0.717, 1.165) is 12.8 Å². The molecule has 2 aromatic heterocycles. The first-order valence-electron chi connectivity index (χ1n) is 13.6. The zero-order valence-electron chi connectivity index (χ0n) is 21.6. The van der Waals surface area contributed by atoms with Gasteiger partial charge < -0.3 is 15.2 Å². The number of hydrogen-bond acceptors (Lipinski definition) is 7. The summed E-state index contributed by atoms with van der Waals surface area (Å²) < 4.78 is 12.3. The van der Waals surface area contributed by atoms with Gasteiger partial charge in [0.05, 0.1) is 12.9 Å². The van der Waals surface area contributed by atoms with Crippen molar-refractivity contribution in [3.8, 4) is 0 Å². The number of nitrogen functional groups attached to an aromatic ring is 1. The fourth-order valence-electron chi connectivity index (χ4n) is 4.16. The molecule has 0 aliphatic heterocycles. The molecule has 35 heavy (non-hydrogen) atoms. The maximum atomic E-state index is 11.9. The maximum Gasteiger partial charge on any atom is 0.305 e. The summed E-state index contributed by atoms with van der Waals surface area (Å²) in [6.45, 7) is 2.86. The van der Waals surface area contributed by atoms with E-state index in [1.165, 1.54) is 89.8 Å². The Morgan fingerprint density at radius 3 is 2.09 bits per heavy atom. The third-order valence-electron chi connectivity index (χ3n) is 6.20. The van der Waals surface area contributed by atoms with Crippen LogP contribution in [0.3, 0.4) is 0 Å². The number of carbonyl (C=O) groups is 1. The van der Waals surface area contributed by atoms with Crippen LogP contribution < -0.4 is 11.3 Å². The van der Waals surface area contributed by atoms with Gasteiger partial charge in [-0.3, -0.25) is 19.1 Å². The quantitative estimate of drug-likeness (QED) is 0.175. The first-order chi connectivity index (χ1) is 17.1. The Morgan fingerprint density at radius 1 is 0.914 bits per heavy atom. The second kappa shape index (κ2) is 17.9. The molecule has 2 aromatic rings. The number of H-pyrrole nitrogens is 1. The van der Waals surface area contributed by atoms with Gasteiger partial charge >= 0.3 is 5.97 Å². The van der Waals surface area contributed by atoms with Crippen molar-refractivity contribution in [2.75, 3.05) is 18.9 Å². The predicted octanol–water partition coefficient (Wildman–Crippen LogP) is 5.48. The lowest BCUT2D eigenvalue weighted by atomic mass is 10.0. The third kappa shape index (κ3) is 12.2. The molecule has 2 rings (SSSR count). The van der Waals surface area contributed by atoms with Crippen molar-refractivity contribution in [3.05, 3.63) is 16.7 Å². The Morgan fingerprint density at radius 2 is 1.49 bits per heavy atom. The van der Waals surface area contributed by atoms with Gasteiger partial charge in [0.25, 0.3) is 5.56 Å². The number of nitrogens with zero attached hydrogens (tertiary/aromatic N) is 3. The number of carbonyl (C=O) groups excluding carboxylic acids is 1. The predicted molar refractivity (Wildman–Crippen MR) is 139 cm³/mol. The van der Waals surface area contributed by atoms with Crippen molar-refractivity contribution in [1.29, 1.82) is 0 Å². The van der Waals surface area contributed by atoms with Gasteiger partial charge in [-0.2, -0.15) is 4.98 Å². The van der Waals surface area contributed by atoms with Crippen molar-refractivity contribution in [2.24, 2.45) is 0 Å². The molecule has 0 amide bonds. The molecule has 0 unspecified atom stereocenters. The minimum atomic E-state index is -0.390. The molecular formula is C26H45N5O4. The molecule has 2 heterocycles. The van der Waals surface area contributed by atoms with Gasteiger partial charge in [0.15, 0.2) is 11.2 Å². The highest BCUT2D eigenvalue weighted by atomic mass is 16.6. The van der Waals surface area contributed by atoms with E-state index in [1.807, 2.05) is 0 Å². The molecule has 0 atom stereocenters. The molecule has 0 bridgehead atoms. The number of unbranched alkanes of at least 4 members (excludes halogenated alkanes) is 14. The molecule has 0 saturated heterocycles. The number of imidazole rings is 1. The SMILES string of the molecule is CCCCCCCCCCCCCCCCCC(=O)OCCOCn1cnc2c(=O)[nH]c(N)nc21. The minimum Gasteiger partial charge on any atom is -0.463 e. The van der Waals surface area contributed by atoms with Crippen molar-refractivity contribution >= 4 is 23.1 Å². The Bertz CT molecular complexity index is 895. The lowest BCUT2D eigenvalue weighted by molar-refractivity contribution is -0.145. The van der Waals surface area contributed by atoms with Crippen LogP contribution in [0.5, 0.6) is 0 Å². The molecule has 0 aliphatic carbocycles. The number of nitrogens with one attached hydrogen (secondary N) is 1. The smallest absolute Gasteiger partial charge is 0.305 e. The average molecular weight is 492 g/mol. The van der Waals surface area contributed by atoms with Crippen LogP contribution in [0.2, 0.25) is 0 Å². The molecule has 9 nitrogen and oxygen atoms in total. The van der Waals surface area contributed by atoms with Gasteiger partial charge in [-0.05, 0) is 6.42 Å². The summed E-state index contributed by atoms with van der Waals surface area (Å²) in [5.74, 6) is -0.158. The van der Waals surface area contributed by atoms with Crippen LogP contribution in [-0.2, 0) is 21.0 Å². The Labute approximate surface area is 209 Å². The van der Waals surface area contributed by atoms with Gasteiger partial charge in [0, 0.05) is 6.42 Å². The molecular weight excluding hydrogens is 446 g/mol. The number of aromatic amines is 1. The molecule has 0 saturated carbocycles. The first kappa shape index (κ1) is 28.8. The van der Waals surface area contributed by atoms with Gasteiger partial charge in [0.1, 0.15) is 13.3 Å². The summed E-state index contributed by atoms with van der Waals surface area (Å²) in [5.41, 5.74) is 5.75. The topological polar surface area (TPSA) is 125 Å². The standard InChI is InChI=1S/C26H45N5O4/c1-2-3-4-5-6-7-8-9-10-11-12-13-14-15-16-17-22(32)35-19-18-34-21-31-20-28-23-24(31)29-26(27)30-25(23)33/h20H,2-19,21H2,1H3,(H3,27,29,30,33). The first-order valence-corrected chi connectivity index (χ1v) is 13.6. The average Bonchev–Trinajstić information content (AvgIpc) is 3.24. The number of esters is 1. The normalized spacial score (nSPS) is 11.3. The Kier molecular flexibility index (Phi) is 14.8. The van der Waals surface area contributed by atoms with Gasteiger partial charge in [-0.25, -0.2) is 4.98 Å². The van der Waals surface area contributed by atoms with E-state index in [4.69, 9.17) is 15.2 Å². The highest BCUT2D eigenvalue weighted by Crippen LogP contribution is 2.14. The van der Waals surface area contributed by atoms with Crippen LogP contribution in [0.15, 0.2) is 11.1 Å². The summed E-state index contributed by atoms with van der Waals surface area (Å²) in [7, 11) is 0. The highest BCUT2D eigenvalue weighted by Gasteiger charge is 2.09. The van der Waals surface area contributed by atoms with E-state index >= 15 is 0 Å². The number of fused-ring (bicyclic) bond motifs is 1. The molecule has 3 N–H and O–H groups in total. The molecule has 0 radical (unpaired) electrons. The second-order valence-corrected chi connectivity index (χ2v) is 9.30. The van der Waals surface area contributed by atoms with E-state index in [1.54, 1.807) is 4.57 Å². The second-order valence-electron chi connectivity index (χ2n) is 9.30. The van der Waals surface area contributed by atoms with E-state index < -0.39 is 0 Å². The van der Waals surface area contributed by atoms with Crippen molar-refractivity contribution in [1.82, 2.24) is 19.5 Å². The monoisotopic (exact) mass is 491 g/mol. The molecule has 0 aromatic carbocycles. The van der Waals surface area contributed by atoms with E-state index in [0.29, 0.717) is 12.1 Å². The van der Waals surface area contributed by atoms with Crippen LogP contribution in [0.4, 0.5) is 5.95 Å². The Hall–Kier alpha value is -2.42. The molecule has 0 fully saturated rings. The van der Waals surface area contributed by atoms with Gasteiger partial charge in [-0.15, -0.1) is 0 Å².